The summed E-state index contributed by atoms with van der Waals surface area (Å²) in [6, 6.07) is 10.2. The van der Waals surface area contributed by atoms with Gasteiger partial charge in [0.2, 0.25) is 0 Å². The molecule has 4 rings (SSSR count). The fraction of sp³-hybridized carbons (Fsp3) is 0.238. The van der Waals surface area contributed by atoms with E-state index in [1.165, 1.54) is 12.1 Å². The molecule has 3 aromatic rings. The van der Waals surface area contributed by atoms with Gasteiger partial charge in [0.15, 0.2) is 5.78 Å². The summed E-state index contributed by atoms with van der Waals surface area (Å²) in [6.45, 7) is -1.32. The Labute approximate surface area is 174 Å². The second kappa shape index (κ2) is 7.67. The molecule has 3 atom stereocenters. The Balaban J connectivity index is 2.01. The second-order valence-corrected chi connectivity index (χ2v) is 7.31. The molecule has 0 saturated heterocycles. The molecule has 1 aliphatic carbocycles. The van der Waals surface area contributed by atoms with E-state index in [0.717, 1.165) is 10.6 Å². The van der Waals surface area contributed by atoms with E-state index in [1.54, 1.807) is 24.3 Å². The standard InChI is InChI=1S/C21H18N2O8/c24-9-16(26)20(28)15(25)8-22-18-12-3-1-2-4-13(12)19(27)17(18)11-6-5-10(23(30)31)7-14(11)21(22)29/h1-7,15-16,20,24-26,28H,8-9H2/t15-,16-,20-/m1/s1. The van der Waals surface area contributed by atoms with Gasteiger partial charge in [0.05, 0.1) is 34.7 Å². The lowest BCUT2D eigenvalue weighted by atomic mass is 10.0. The van der Waals surface area contributed by atoms with Gasteiger partial charge >= 0.3 is 0 Å². The van der Waals surface area contributed by atoms with Gasteiger partial charge in [-0.15, -0.1) is 0 Å². The number of non-ortho nitro benzene ring substituents is 1. The summed E-state index contributed by atoms with van der Waals surface area (Å²) in [7, 11) is 0. The van der Waals surface area contributed by atoms with Crippen molar-refractivity contribution in [3.8, 4) is 11.3 Å². The van der Waals surface area contributed by atoms with Crippen molar-refractivity contribution in [1.29, 1.82) is 0 Å². The molecule has 2 aromatic carbocycles. The molecular weight excluding hydrogens is 408 g/mol. The second-order valence-electron chi connectivity index (χ2n) is 7.31. The Hall–Kier alpha value is -3.44. The normalized spacial score (nSPS) is 15.4. The number of carbonyl (C=O) groups excluding carboxylic acids is 1. The first kappa shape index (κ1) is 20.8. The van der Waals surface area contributed by atoms with Gasteiger partial charge in [0.1, 0.15) is 18.3 Å². The van der Waals surface area contributed by atoms with Crippen molar-refractivity contribution in [2.75, 3.05) is 6.61 Å². The molecule has 0 radical (unpaired) electrons. The average molecular weight is 426 g/mol. The maximum absolute atomic E-state index is 13.3. The highest BCUT2D eigenvalue weighted by Gasteiger charge is 2.34. The molecule has 0 amide bonds. The number of rotatable bonds is 6. The summed E-state index contributed by atoms with van der Waals surface area (Å²) >= 11 is 0. The Morgan fingerprint density at radius 3 is 2.29 bits per heavy atom. The average Bonchev–Trinajstić information content (AvgIpc) is 3.07. The van der Waals surface area contributed by atoms with Gasteiger partial charge in [0, 0.05) is 28.6 Å². The molecule has 1 aromatic heterocycles. The van der Waals surface area contributed by atoms with Gasteiger partial charge in [0.25, 0.3) is 11.2 Å². The number of aliphatic hydroxyl groups is 4. The lowest BCUT2D eigenvalue weighted by Crippen LogP contribution is -2.43. The molecule has 4 N–H and O–H groups in total. The number of nitro groups is 1. The third kappa shape index (κ3) is 3.22. The van der Waals surface area contributed by atoms with E-state index in [1.807, 2.05) is 0 Å². The molecule has 0 aliphatic heterocycles. The van der Waals surface area contributed by atoms with Crippen LogP contribution in [-0.4, -0.2) is 60.6 Å². The van der Waals surface area contributed by atoms with Crippen LogP contribution >= 0.6 is 0 Å². The number of fused-ring (bicyclic) bond motifs is 5. The van der Waals surface area contributed by atoms with E-state index in [2.05, 4.69) is 0 Å². The van der Waals surface area contributed by atoms with Crippen molar-refractivity contribution in [2.24, 2.45) is 0 Å². The molecule has 10 nitrogen and oxygen atoms in total. The minimum absolute atomic E-state index is 0.0847. The predicted octanol–water partition coefficient (Wildman–Crippen LogP) is 0.196. The highest BCUT2D eigenvalue weighted by atomic mass is 16.6. The molecule has 0 bridgehead atoms. The quantitative estimate of drug-likeness (QED) is 0.251. The van der Waals surface area contributed by atoms with Crippen LogP contribution in [0.25, 0.3) is 22.0 Å². The zero-order valence-electron chi connectivity index (χ0n) is 16.0. The summed E-state index contributed by atoms with van der Waals surface area (Å²) in [5, 5.41) is 50.4. The van der Waals surface area contributed by atoms with Crippen LogP contribution < -0.4 is 5.56 Å². The number of hydrogen-bond acceptors (Lipinski definition) is 8. The maximum atomic E-state index is 13.3. The van der Waals surface area contributed by atoms with Gasteiger partial charge in [-0.2, -0.15) is 0 Å². The molecule has 0 fully saturated rings. The Bertz CT molecular complexity index is 1280. The monoisotopic (exact) mass is 426 g/mol. The lowest BCUT2D eigenvalue weighted by Gasteiger charge is -2.24. The van der Waals surface area contributed by atoms with Crippen molar-refractivity contribution in [1.82, 2.24) is 4.57 Å². The third-order valence-electron chi connectivity index (χ3n) is 5.46. The number of nitro benzene ring substituents is 1. The Morgan fingerprint density at radius 1 is 0.968 bits per heavy atom. The van der Waals surface area contributed by atoms with Crippen LogP contribution in [0.15, 0.2) is 47.3 Å². The zero-order valence-corrected chi connectivity index (χ0v) is 16.0. The van der Waals surface area contributed by atoms with Gasteiger partial charge < -0.3 is 25.0 Å². The fourth-order valence-corrected chi connectivity index (χ4v) is 3.92. The highest BCUT2D eigenvalue weighted by Crippen LogP contribution is 2.39. The van der Waals surface area contributed by atoms with Crippen LogP contribution in [0, 0.1) is 10.1 Å². The van der Waals surface area contributed by atoms with E-state index >= 15 is 0 Å². The Kier molecular flexibility index (Phi) is 5.15. The number of aromatic nitrogens is 1. The lowest BCUT2D eigenvalue weighted by molar-refractivity contribution is -0.384. The highest BCUT2D eigenvalue weighted by molar-refractivity contribution is 6.26. The van der Waals surface area contributed by atoms with Crippen LogP contribution in [0.2, 0.25) is 0 Å². The molecule has 1 aliphatic rings. The van der Waals surface area contributed by atoms with Crippen LogP contribution in [0.1, 0.15) is 15.9 Å². The van der Waals surface area contributed by atoms with Crippen molar-refractivity contribution in [2.45, 2.75) is 24.9 Å². The van der Waals surface area contributed by atoms with Gasteiger partial charge in [-0.25, -0.2) is 0 Å². The van der Waals surface area contributed by atoms with Gasteiger partial charge in [-0.1, -0.05) is 24.3 Å². The molecular formula is C21H18N2O8. The number of aliphatic hydroxyl groups excluding tert-OH is 4. The minimum atomic E-state index is -1.76. The summed E-state index contributed by atoms with van der Waals surface area (Å²) < 4.78 is 1.07. The molecule has 160 valence electrons. The SMILES string of the molecule is O=C1c2ccccc2-c2c1c1ccc([N+](=O)[O-])cc1c(=O)n2C[C@@H](O)[C@@H](O)[C@H](O)CO. The number of nitrogens with zero attached hydrogens (tertiary/aromatic N) is 2. The van der Waals surface area contributed by atoms with Crippen LogP contribution in [-0.2, 0) is 6.54 Å². The molecule has 1 heterocycles. The molecule has 0 unspecified atom stereocenters. The first-order chi connectivity index (χ1) is 14.8. The smallest absolute Gasteiger partial charge is 0.270 e. The number of ketones is 1. The number of pyridine rings is 1. The minimum Gasteiger partial charge on any atom is -0.394 e. The van der Waals surface area contributed by atoms with Crippen molar-refractivity contribution < 1.29 is 30.1 Å². The predicted molar refractivity (Wildman–Crippen MR) is 109 cm³/mol. The summed E-state index contributed by atoms with van der Waals surface area (Å²) in [5.41, 5.74) is 0.125. The summed E-state index contributed by atoms with van der Waals surface area (Å²) in [4.78, 5) is 37.0. The van der Waals surface area contributed by atoms with E-state index in [9.17, 15) is 35.0 Å². The molecule has 10 heteroatoms. The first-order valence-corrected chi connectivity index (χ1v) is 9.40. The number of carbonyl (C=O) groups is 1. The van der Waals surface area contributed by atoms with Gasteiger partial charge in [-0.05, 0) is 6.07 Å². The number of hydrogen-bond donors (Lipinski definition) is 4. The summed E-state index contributed by atoms with van der Waals surface area (Å²) in [6.07, 6.45) is -5.07. The topological polar surface area (TPSA) is 163 Å². The largest absolute Gasteiger partial charge is 0.394 e. The van der Waals surface area contributed by atoms with Crippen LogP contribution in [0.5, 0.6) is 0 Å². The van der Waals surface area contributed by atoms with E-state index < -0.39 is 41.9 Å². The molecule has 0 saturated carbocycles. The Morgan fingerprint density at radius 2 is 1.65 bits per heavy atom. The van der Waals surface area contributed by atoms with Crippen molar-refractivity contribution >= 4 is 22.2 Å². The van der Waals surface area contributed by atoms with E-state index in [0.29, 0.717) is 11.1 Å². The molecule has 0 spiro atoms. The van der Waals surface area contributed by atoms with E-state index in [4.69, 9.17) is 5.11 Å². The zero-order chi connectivity index (χ0) is 22.4. The summed E-state index contributed by atoms with van der Waals surface area (Å²) in [5.74, 6) is -0.372. The number of benzene rings is 2. The van der Waals surface area contributed by atoms with Crippen molar-refractivity contribution in [3.63, 3.8) is 0 Å². The first-order valence-electron chi connectivity index (χ1n) is 9.40. The van der Waals surface area contributed by atoms with Crippen LogP contribution in [0.4, 0.5) is 5.69 Å². The van der Waals surface area contributed by atoms with Crippen molar-refractivity contribution in [3.05, 3.63) is 74.1 Å². The third-order valence-corrected chi connectivity index (χ3v) is 5.46. The molecule has 31 heavy (non-hydrogen) atoms. The van der Waals surface area contributed by atoms with E-state index in [-0.39, 0.29) is 33.5 Å². The maximum Gasteiger partial charge on any atom is 0.270 e. The van der Waals surface area contributed by atoms with Crippen LogP contribution in [0.3, 0.4) is 0 Å². The van der Waals surface area contributed by atoms with Gasteiger partial charge in [-0.3, -0.25) is 19.7 Å². The fourth-order valence-electron chi connectivity index (χ4n) is 3.92.